The minimum absolute atomic E-state index is 0.0138. The van der Waals surface area contributed by atoms with Crippen molar-refractivity contribution < 1.29 is 42.4 Å². The van der Waals surface area contributed by atoms with Crippen LogP contribution in [0.3, 0.4) is 0 Å². The van der Waals surface area contributed by atoms with Crippen LogP contribution in [0.2, 0.25) is 0 Å². The Bertz CT molecular complexity index is 1070. The quantitative estimate of drug-likeness (QED) is 0.0159. The molecule has 0 aliphatic rings. The van der Waals surface area contributed by atoms with Crippen LogP contribution in [0, 0.1) is 0 Å². The first-order chi connectivity index (χ1) is 26.0. The first kappa shape index (κ1) is 52.0. The Morgan fingerprint density at radius 3 is 1.80 bits per heavy atom. The number of likely N-dealkylation sites (N-methyl/N-ethyl adjacent to an activating group) is 1. The normalized spacial score (nSPS) is 14.9. The zero-order valence-corrected chi connectivity index (χ0v) is 35.9. The average Bonchev–Trinajstić information content (AvgIpc) is 3.12. The number of carbonyl (C=O) groups excluding carboxylic acids is 1. The fourth-order valence-corrected chi connectivity index (χ4v) is 6.09. The van der Waals surface area contributed by atoms with E-state index >= 15 is 0 Å². The molecule has 1 unspecified atom stereocenters. The average molecular weight is 783 g/mol. The molecule has 2 N–H and O–H groups in total. The number of phosphoric ester groups is 1. The number of aliphatic hydroxyl groups is 1. The molecule has 9 nitrogen and oxygen atoms in total. The van der Waals surface area contributed by atoms with Gasteiger partial charge in [0.05, 0.1) is 40.1 Å². The van der Waals surface area contributed by atoms with E-state index in [1.54, 1.807) is 6.26 Å². The van der Waals surface area contributed by atoms with E-state index < -0.39 is 19.9 Å². The number of nitrogens with zero attached hydrogens (tertiary/aromatic N) is 1. The Hall–Kier alpha value is -2.00. The number of hydrogen-bond donors (Lipinski definition) is 2. The molecule has 0 saturated heterocycles. The van der Waals surface area contributed by atoms with E-state index in [4.69, 9.17) is 18.5 Å². The molecule has 0 amide bonds. The molecule has 0 aromatic carbocycles. The van der Waals surface area contributed by atoms with Crippen molar-refractivity contribution in [2.24, 2.45) is 0 Å². The van der Waals surface area contributed by atoms with Gasteiger partial charge in [-0.1, -0.05) is 146 Å². The Balaban J connectivity index is 4.46. The van der Waals surface area contributed by atoms with Crippen LogP contribution < -0.4 is 0 Å². The van der Waals surface area contributed by atoms with E-state index in [1.165, 1.54) is 70.6 Å². The van der Waals surface area contributed by atoms with E-state index in [0.29, 0.717) is 17.4 Å². The van der Waals surface area contributed by atoms with Gasteiger partial charge in [-0.2, -0.15) is 0 Å². The number of unbranched alkanes of at least 4 members (excludes halogenated alkanes) is 14. The molecule has 0 aromatic heterocycles. The summed E-state index contributed by atoms with van der Waals surface area (Å²) in [4.78, 5) is 22.8. The Morgan fingerprint density at radius 2 is 1.20 bits per heavy atom. The zero-order valence-electron chi connectivity index (χ0n) is 35.1. The summed E-state index contributed by atoms with van der Waals surface area (Å²) in [5.74, 6) is -0.406. The van der Waals surface area contributed by atoms with E-state index in [9.17, 15) is 19.4 Å². The highest BCUT2D eigenvalue weighted by Gasteiger charge is 2.26. The third kappa shape index (κ3) is 39.7. The van der Waals surface area contributed by atoms with Crippen LogP contribution in [-0.2, 0) is 27.9 Å². The van der Waals surface area contributed by atoms with Crippen molar-refractivity contribution >= 4 is 13.8 Å². The summed E-state index contributed by atoms with van der Waals surface area (Å²) in [6, 6.07) is 0. The largest absolute Gasteiger partial charge is 0.498 e. The van der Waals surface area contributed by atoms with Crippen LogP contribution in [0.5, 0.6) is 0 Å². The van der Waals surface area contributed by atoms with Crippen molar-refractivity contribution in [1.29, 1.82) is 0 Å². The van der Waals surface area contributed by atoms with Gasteiger partial charge in [0, 0.05) is 6.42 Å². The molecule has 0 aliphatic carbocycles. The second kappa shape index (κ2) is 36.6. The fraction of sp³-hybridized carbons (Fsp3) is 0.750. The topological polar surface area (TPSA) is 112 Å². The molecule has 0 bridgehead atoms. The summed E-state index contributed by atoms with van der Waals surface area (Å²) in [5.41, 5.74) is 0. The van der Waals surface area contributed by atoms with Crippen molar-refractivity contribution in [1.82, 2.24) is 0 Å². The summed E-state index contributed by atoms with van der Waals surface area (Å²) >= 11 is 0. The highest BCUT2D eigenvalue weighted by atomic mass is 31.2. The number of ether oxygens (including phenoxy) is 2. The lowest BCUT2D eigenvalue weighted by atomic mass is 10.0. The molecule has 0 heterocycles. The second-order valence-corrected chi connectivity index (χ2v) is 16.7. The van der Waals surface area contributed by atoms with Crippen molar-refractivity contribution in [2.75, 3.05) is 47.5 Å². The number of esters is 1. The van der Waals surface area contributed by atoms with Gasteiger partial charge < -0.3 is 24.0 Å². The van der Waals surface area contributed by atoms with Crippen molar-refractivity contribution in [2.45, 2.75) is 167 Å². The smallest absolute Gasteiger partial charge is 0.472 e. The Labute approximate surface area is 331 Å². The van der Waals surface area contributed by atoms with Gasteiger partial charge in [0.25, 0.3) is 0 Å². The van der Waals surface area contributed by atoms with Crippen LogP contribution in [0.15, 0.2) is 60.9 Å². The summed E-state index contributed by atoms with van der Waals surface area (Å²) in [6.07, 6.45) is 42.6. The minimum atomic E-state index is -4.31. The maximum atomic E-state index is 12.6. The van der Waals surface area contributed by atoms with Gasteiger partial charge in [0.1, 0.15) is 19.8 Å². The second-order valence-electron chi connectivity index (χ2n) is 15.3. The van der Waals surface area contributed by atoms with Gasteiger partial charge in [0.15, 0.2) is 6.10 Å². The van der Waals surface area contributed by atoms with Crippen LogP contribution in [-0.4, -0.2) is 80.2 Å². The van der Waals surface area contributed by atoms with Crippen LogP contribution in [0.25, 0.3) is 0 Å². The SMILES string of the molecule is CCCCCCCCCCCCCC/C=C/OC[C@H](COP(=O)(O)OCC[N+](C)(C)C)OC(=O)CCC/C=C\C/C=C\C/C=C\C/C=C\[C@H](O)CCCC. The van der Waals surface area contributed by atoms with Crippen molar-refractivity contribution in [3.8, 4) is 0 Å². The monoisotopic (exact) mass is 783 g/mol. The maximum absolute atomic E-state index is 12.6. The lowest BCUT2D eigenvalue weighted by molar-refractivity contribution is -0.870. The van der Waals surface area contributed by atoms with Crippen molar-refractivity contribution in [3.63, 3.8) is 0 Å². The molecule has 0 aliphatic heterocycles. The number of hydrogen-bond acceptors (Lipinski definition) is 7. The van der Waals surface area contributed by atoms with Gasteiger partial charge in [-0.25, -0.2) is 4.57 Å². The highest BCUT2D eigenvalue weighted by Crippen LogP contribution is 2.43. The molecule has 54 heavy (non-hydrogen) atoms. The zero-order chi connectivity index (χ0) is 40.0. The maximum Gasteiger partial charge on any atom is 0.472 e. The molecule has 0 spiro atoms. The van der Waals surface area contributed by atoms with Gasteiger partial charge in [-0.15, -0.1) is 0 Å². The van der Waals surface area contributed by atoms with Gasteiger partial charge in [0.2, 0.25) is 0 Å². The van der Waals surface area contributed by atoms with Crippen LogP contribution >= 0.6 is 7.82 Å². The summed E-state index contributed by atoms with van der Waals surface area (Å²) in [6.45, 7) is 4.68. The number of aliphatic hydroxyl groups excluding tert-OH is 1. The predicted octanol–water partition coefficient (Wildman–Crippen LogP) is 11.5. The molecule has 10 heteroatoms. The molecular formula is C44H81NO8P+. The number of rotatable bonds is 38. The molecule has 314 valence electrons. The van der Waals surface area contributed by atoms with Gasteiger partial charge in [-0.3, -0.25) is 13.8 Å². The third-order valence-electron chi connectivity index (χ3n) is 8.72. The highest BCUT2D eigenvalue weighted by molar-refractivity contribution is 7.47. The third-order valence-corrected chi connectivity index (χ3v) is 9.70. The molecular weight excluding hydrogens is 701 g/mol. The van der Waals surface area contributed by atoms with E-state index in [-0.39, 0.29) is 32.3 Å². The van der Waals surface area contributed by atoms with E-state index in [2.05, 4.69) is 50.3 Å². The van der Waals surface area contributed by atoms with Crippen LogP contribution in [0.1, 0.15) is 155 Å². The number of phosphoric acid groups is 1. The molecule has 0 fully saturated rings. The lowest BCUT2D eigenvalue weighted by Crippen LogP contribution is -2.37. The molecule has 0 radical (unpaired) electrons. The standard InChI is InChI=1S/C44H80NO8P/c1-6-8-10-11-12-13-14-15-18-21-24-27-30-33-38-50-40-43(41-52-54(48,49)51-39-37-45(3,4)5)53-44(47)36-32-29-26-23-20-17-16-19-22-25-28-31-35-42(46)34-9-7-2/h16-17,22-23,25-26,31,33,35,38,42-43,46H,6-15,18-21,24,27-30,32,34,36-37,39-41H2,1-5H3/p+1/b17-16-,25-22-,26-23-,35-31-,38-33+/t42-,43-/m1/s1. The van der Waals surface area contributed by atoms with E-state index in [0.717, 1.165) is 57.8 Å². The van der Waals surface area contributed by atoms with Gasteiger partial charge in [-0.05, 0) is 57.4 Å². The molecule has 0 saturated carbocycles. The molecule has 3 atom stereocenters. The summed E-state index contributed by atoms with van der Waals surface area (Å²) < 4.78 is 34.6. The first-order valence-electron chi connectivity index (χ1n) is 21.2. The summed E-state index contributed by atoms with van der Waals surface area (Å²) in [7, 11) is 1.57. The van der Waals surface area contributed by atoms with Gasteiger partial charge >= 0.3 is 13.8 Å². The Kier molecular flexibility index (Phi) is 35.3. The van der Waals surface area contributed by atoms with E-state index in [1.807, 2.05) is 39.4 Å². The van der Waals surface area contributed by atoms with Crippen molar-refractivity contribution in [3.05, 3.63) is 60.9 Å². The number of allylic oxidation sites excluding steroid dienone is 8. The van der Waals surface area contributed by atoms with Crippen LogP contribution in [0.4, 0.5) is 0 Å². The number of quaternary nitrogens is 1. The first-order valence-corrected chi connectivity index (χ1v) is 22.7. The Morgan fingerprint density at radius 1 is 0.667 bits per heavy atom. The fourth-order valence-electron chi connectivity index (χ4n) is 5.35. The summed E-state index contributed by atoms with van der Waals surface area (Å²) in [5, 5.41) is 9.82. The minimum Gasteiger partial charge on any atom is -0.498 e. The lowest BCUT2D eigenvalue weighted by Gasteiger charge is -2.24. The number of carbonyl (C=O) groups is 1. The molecule has 0 aromatic rings. The molecule has 0 rings (SSSR count). The predicted molar refractivity (Wildman–Crippen MR) is 225 cm³/mol.